The van der Waals surface area contributed by atoms with E-state index in [-0.39, 0.29) is 12.1 Å². The molecule has 0 amide bonds. The van der Waals surface area contributed by atoms with Crippen molar-refractivity contribution in [1.82, 2.24) is 20.2 Å². The van der Waals surface area contributed by atoms with E-state index in [0.29, 0.717) is 12.2 Å². The Bertz CT molecular complexity index is 586. The van der Waals surface area contributed by atoms with Crippen LogP contribution in [0.25, 0.3) is 0 Å². The lowest BCUT2D eigenvalue weighted by molar-refractivity contribution is 0.0612. The maximum absolute atomic E-state index is 10.0. The van der Waals surface area contributed by atoms with Crippen LogP contribution in [0.2, 0.25) is 0 Å². The van der Waals surface area contributed by atoms with Crippen LogP contribution in [-0.2, 0) is 6.42 Å². The van der Waals surface area contributed by atoms with Crippen molar-refractivity contribution < 1.29 is 5.11 Å². The summed E-state index contributed by atoms with van der Waals surface area (Å²) in [5, 5.41) is 22.7. The van der Waals surface area contributed by atoms with Gasteiger partial charge in [-0.1, -0.05) is 40.9 Å². The van der Waals surface area contributed by atoms with E-state index in [1.165, 1.54) is 0 Å². The van der Waals surface area contributed by atoms with Gasteiger partial charge in [-0.15, -0.1) is 10.2 Å². The van der Waals surface area contributed by atoms with Crippen molar-refractivity contribution in [2.24, 2.45) is 0 Å². The molecule has 2 atom stereocenters. The van der Waals surface area contributed by atoms with Crippen LogP contribution >= 0.6 is 15.9 Å². The highest BCUT2D eigenvalue weighted by molar-refractivity contribution is 9.10. The third-order valence-corrected chi connectivity index (χ3v) is 4.20. The van der Waals surface area contributed by atoms with Gasteiger partial charge in [0.1, 0.15) is 0 Å². The molecule has 1 fully saturated rings. The summed E-state index contributed by atoms with van der Waals surface area (Å²) in [6.45, 7) is 0. The molecule has 0 bridgehead atoms. The molecule has 2 aromatic rings. The van der Waals surface area contributed by atoms with Gasteiger partial charge in [-0.3, -0.25) is 0 Å². The standard InChI is InChI=1S/C14H17BrN4O/c15-11-5-3-4-10(8-11)9-14-16-18-19(17-14)12-6-1-2-7-13(12)20/h3-5,8,12-13,20H,1-2,6-7,9H2. The van der Waals surface area contributed by atoms with Gasteiger partial charge in [0.25, 0.3) is 0 Å². The first-order chi connectivity index (χ1) is 9.72. The summed E-state index contributed by atoms with van der Waals surface area (Å²) < 4.78 is 1.05. The molecule has 2 unspecified atom stereocenters. The number of aromatic nitrogens is 4. The SMILES string of the molecule is OC1CCCCC1n1nnc(Cc2cccc(Br)c2)n1. The number of rotatable bonds is 3. The van der Waals surface area contributed by atoms with Crippen molar-refractivity contribution in [2.45, 2.75) is 44.2 Å². The molecular weight excluding hydrogens is 320 g/mol. The number of hydrogen-bond donors (Lipinski definition) is 1. The largest absolute Gasteiger partial charge is 0.391 e. The maximum atomic E-state index is 10.0. The lowest BCUT2D eigenvalue weighted by Gasteiger charge is -2.25. The first-order valence-corrected chi connectivity index (χ1v) is 7.72. The van der Waals surface area contributed by atoms with Gasteiger partial charge in [0.2, 0.25) is 0 Å². The molecule has 1 heterocycles. The number of hydrogen-bond acceptors (Lipinski definition) is 4. The summed E-state index contributed by atoms with van der Waals surface area (Å²) in [4.78, 5) is 1.59. The Balaban J connectivity index is 1.73. The Labute approximate surface area is 126 Å². The summed E-state index contributed by atoms with van der Waals surface area (Å²) >= 11 is 3.46. The topological polar surface area (TPSA) is 63.8 Å². The molecule has 0 saturated heterocycles. The Morgan fingerprint density at radius 2 is 2.15 bits per heavy atom. The van der Waals surface area contributed by atoms with Gasteiger partial charge < -0.3 is 5.11 Å². The lowest BCUT2D eigenvalue weighted by atomic mass is 9.93. The molecule has 1 N–H and O–H groups in total. The van der Waals surface area contributed by atoms with Gasteiger partial charge in [0.15, 0.2) is 5.82 Å². The quantitative estimate of drug-likeness (QED) is 0.935. The molecular formula is C14H17BrN4O. The summed E-state index contributed by atoms with van der Waals surface area (Å²) in [5.74, 6) is 0.695. The first-order valence-electron chi connectivity index (χ1n) is 6.93. The van der Waals surface area contributed by atoms with E-state index < -0.39 is 0 Å². The third kappa shape index (κ3) is 3.07. The molecule has 0 aliphatic heterocycles. The van der Waals surface area contributed by atoms with Crippen molar-refractivity contribution in [3.8, 4) is 0 Å². The van der Waals surface area contributed by atoms with E-state index in [4.69, 9.17) is 0 Å². The summed E-state index contributed by atoms with van der Waals surface area (Å²) in [7, 11) is 0. The predicted molar refractivity (Wildman–Crippen MR) is 78.3 cm³/mol. The van der Waals surface area contributed by atoms with E-state index in [0.717, 1.165) is 35.7 Å². The van der Waals surface area contributed by atoms with Crippen molar-refractivity contribution >= 4 is 15.9 Å². The van der Waals surface area contributed by atoms with Crippen molar-refractivity contribution in [3.05, 3.63) is 40.1 Å². The average Bonchev–Trinajstić information content (AvgIpc) is 2.87. The normalized spacial score (nSPS) is 22.9. The molecule has 20 heavy (non-hydrogen) atoms. The zero-order valence-corrected chi connectivity index (χ0v) is 12.7. The fourth-order valence-electron chi connectivity index (χ4n) is 2.66. The number of halogens is 1. The third-order valence-electron chi connectivity index (χ3n) is 3.71. The summed E-state index contributed by atoms with van der Waals surface area (Å²) in [6.07, 6.45) is 4.25. The number of benzene rings is 1. The molecule has 0 radical (unpaired) electrons. The number of aliphatic hydroxyl groups excluding tert-OH is 1. The minimum Gasteiger partial charge on any atom is -0.391 e. The molecule has 106 valence electrons. The molecule has 1 saturated carbocycles. The second kappa shape index (κ2) is 6.01. The Morgan fingerprint density at radius 1 is 1.30 bits per heavy atom. The van der Waals surface area contributed by atoms with Crippen LogP contribution in [0.1, 0.15) is 43.1 Å². The highest BCUT2D eigenvalue weighted by Gasteiger charge is 2.26. The molecule has 6 heteroatoms. The van der Waals surface area contributed by atoms with Crippen LogP contribution in [-0.4, -0.2) is 31.4 Å². The average molecular weight is 337 g/mol. The highest BCUT2D eigenvalue weighted by atomic mass is 79.9. The molecule has 0 spiro atoms. The molecule has 1 aliphatic carbocycles. The fraction of sp³-hybridized carbons (Fsp3) is 0.500. The Morgan fingerprint density at radius 3 is 2.95 bits per heavy atom. The monoisotopic (exact) mass is 336 g/mol. The van der Waals surface area contributed by atoms with Gasteiger partial charge in [-0.05, 0) is 35.8 Å². The minimum absolute atomic E-state index is 0.0208. The van der Waals surface area contributed by atoms with Crippen molar-refractivity contribution in [3.63, 3.8) is 0 Å². The van der Waals surface area contributed by atoms with Gasteiger partial charge in [-0.25, -0.2) is 0 Å². The molecule has 1 aromatic carbocycles. The van der Waals surface area contributed by atoms with E-state index >= 15 is 0 Å². The van der Waals surface area contributed by atoms with E-state index in [2.05, 4.69) is 37.4 Å². The zero-order valence-electron chi connectivity index (χ0n) is 11.1. The lowest BCUT2D eigenvalue weighted by Crippen LogP contribution is -2.29. The van der Waals surface area contributed by atoms with Crippen LogP contribution in [0.5, 0.6) is 0 Å². The second-order valence-corrected chi connectivity index (χ2v) is 6.17. The van der Waals surface area contributed by atoms with Gasteiger partial charge in [0, 0.05) is 10.9 Å². The van der Waals surface area contributed by atoms with E-state index in [1.54, 1.807) is 4.80 Å². The summed E-state index contributed by atoms with van der Waals surface area (Å²) in [6, 6.07) is 8.06. The number of aliphatic hydroxyl groups is 1. The zero-order chi connectivity index (χ0) is 13.9. The Kier molecular flexibility index (Phi) is 4.12. The van der Waals surface area contributed by atoms with Crippen molar-refractivity contribution in [1.29, 1.82) is 0 Å². The number of tetrazole rings is 1. The smallest absolute Gasteiger partial charge is 0.179 e. The molecule has 1 aliphatic rings. The highest BCUT2D eigenvalue weighted by Crippen LogP contribution is 2.27. The van der Waals surface area contributed by atoms with E-state index in [9.17, 15) is 5.11 Å². The van der Waals surface area contributed by atoms with Gasteiger partial charge >= 0.3 is 0 Å². The van der Waals surface area contributed by atoms with Crippen LogP contribution in [0.15, 0.2) is 28.7 Å². The van der Waals surface area contributed by atoms with E-state index in [1.807, 2.05) is 18.2 Å². The Hall–Kier alpha value is -1.27. The summed E-state index contributed by atoms with van der Waals surface area (Å²) in [5.41, 5.74) is 1.14. The fourth-order valence-corrected chi connectivity index (χ4v) is 3.10. The maximum Gasteiger partial charge on any atom is 0.179 e. The van der Waals surface area contributed by atoms with Crippen LogP contribution in [0.3, 0.4) is 0 Å². The molecule has 3 rings (SSSR count). The van der Waals surface area contributed by atoms with Gasteiger partial charge in [0.05, 0.1) is 12.1 Å². The van der Waals surface area contributed by atoms with Crippen LogP contribution in [0.4, 0.5) is 0 Å². The van der Waals surface area contributed by atoms with Crippen molar-refractivity contribution in [2.75, 3.05) is 0 Å². The predicted octanol–water partition coefficient (Wildman–Crippen LogP) is 2.50. The molecule has 1 aromatic heterocycles. The second-order valence-electron chi connectivity index (χ2n) is 5.25. The van der Waals surface area contributed by atoms with Gasteiger partial charge in [-0.2, -0.15) is 4.80 Å². The van der Waals surface area contributed by atoms with Crippen LogP contribution < -0.4 is 0 Å². The number of nitrogens with zero attached hydrogens (tertiary/aromatic N) is 4. The van der Waals surface area contributed by atoms with Crippen LogP contribution in [0, 0.1) is 0 Å². The first kappa shape index (κ1) is 13.7. The molecule has 5 nitrogen and oxygen atoms in total. The minimum atomic E-state index is -0.350.